The van der Waals surface area contributed by atoms with Gasteiger partial charge in [-0.3, -0.25) is 4.79 Å². The van der Waals surface area contributed by atoms with Crippen LogP contribution in [0.15, 0.2) is 29.8 Å². The van der Waals surface area contributed by atoms with Crippen LogP contribution >= 0.6 is 11.8 Å². The molecule has 2 aromatic rings. The predicted molar refractivity (Wildman–Crippen MR) is 78.6 cm³/mol. The molecule has 0 atom stereocenters. The van der Waals surface area contributed by atoms with Crippen LogP contribution in [0.5, 0.6) is 0 Å². The first-order valence-corrected chi connectivity index (χ1v) is 7.47. The number of hydrogen-bond donors (Lipinski definition) is 2. The molecule has 0 aliphatic carbocycles. The van der Waals surface area contributed by atoms with E-state index in [1.165, 1.54) is 11.8 Å². The Labute approximate surface area is 126 Å². The van der Waals surface area contributed by atoms with Crippen LogP contribution in [0.4, 0.5) is 0 Å². The lowest BCUT2D eigenvalue weighted by Gasteiger charge is -2.20. The summed E-state index contributed by atoms with van der Waals surface area (Å²) in [5.74, 6) is 0.827. The Morgan fingerprint density at radius 3 is 2.95 bits per heavy atom. The third-order valence-corrected chi connectivity index (χ3v) is 3.56. The molecule has 0 spiro atoms. The highest BCUT2D eigenvalue weighted by atomic mass is 32.2. The lowest BCUT2D eigenvalue weighted by Crippen LogP contribution is -2.34. The molecule has 0 aromatic carbocycles. The number of H-pyrrole nitrogens is 1. The average molecular weight is 307 g/mol. The molecule has 2 aromatic heterocycles. The third kappa shape index (κ3) is 4.83. The summed E-state index contributed by atoms with van der Waals surface area (Å²) in [6.45, 7) is 2.41. The van der Waals surface area contributed by atoms with E-state index in [0.29, 0.717) is 17.5 Å². The van der Waals surface area contributed by atoms with Crippen LogP contribution in [-0.4, -0.2) is 54.8 Å². The Kier molecular flexibility index (Phi) is 5.70. The average Bonchev–Trinajstić information content (AvgIpc) is 2.97. The minimum Gasteiger partial charge on any atom is -0.395 e. The number of hydrogen-bond acceptors (Lipinski definition) is 6. The molecule has 0 saturated carbocycles. The normalized spacial score (nSPS) is 10.6. The SMILES string of the molecule is Cc1ccnc(SCC(=O)N(CCO)Cc2ncc[nH]2)n1. The Morgan fingerprint density at radius 2 is 2.29 bits per heavy atom. The number of nitrogens with zero attached hydrogens (tertiary/aromatic N) is 4. The van der Waals surface area contributed by atoms with E-state index < -0.39 is 0 Å². The molecule has 0 fully saturated rings. The van der Waals surface area contributed by atoms with Crippen LogP contribution in [0.25, 0.3) is 0 Å². The summed E-state index contributed by atoms with van der Waals surface area (Å²) in [7, 11) is 0. The number of carbonyl (C=O) groups is 1. The minimum atomic E-state index is -0.0874. The molecular formula is C13H17N5O2S. The predicted octanol–water partition coefficient (Wildman–Crippen LogP) is 0.621. The molecule has 0 aliphatic rings. The Bertz CT molecular complexity index is 576. The van der Waals surface area contributed by atoms with E-state index in [9.17, 15) is 4.79 Å². The summed E-state index contributed by atoms with van der Waals surface area (Å²) < 4.78 is 0. The van der Waals surface area contributed by atoms with Crippen LogP contribution in [-0.2, 0) is 11.3 Å². The summed E-state index contributed by atoms with van der Waals surface area (Å²) in [5.41, 5.74) is 0.864. The van der Waals surface area contributed by atoms with Crippen molar-refractivity contribution in [3.8, 4) is 0 Å². The largest absolute Gasteiger partial charge is 0.395 e. The summed E-state index contributed by atoms with van der Waals surface area (Å²) in [6, 6.07) is 1.81. The van der Waals surface area contributed by atoms with E-state index in [0.717, 1.165) is 5.69 Å². The van der Waals surface area contributed by atoms with Gasteiger partial charge in [0.05, 0.1) is 18.9 Å². The second kappa shape index (κ2) is 7.75. The fourth-order valence-electron chi connectivity index (χ4n) is 1.69. The van der Waals surface area contributed by atoms with Gasteiger partial charge in [0, 0.05) is 30.8 Å². The van der Waals surface area contributed by atoms with Crippen molar-refractivity contribution >= 4 is 17.7 Å². The fourth-order valence-corrected chi connectivity index (χ4v) is 2.47. The van der Waals surface area contributed by atoms with E-state index in [2.05, 4.69) is 19.9 Å². The maximum absolute atomic E-state index is 12.2. The standard InChI is InChI=1S/C13H17N5O2S/c1-10-2-3-16-13(17-10)21-9-12(20)18(6-7-19)8-11-14-4-5-15-11/h2-5,19H,6-9H2,1H3,(H,14,15). The number of aromatic amines is 1. The first-order chi connectivity index (χ1) is 10.2. The van der Waals surface area contributed by atoms with E-state index in [1.54, 1.807) is 29.6 Å². The van der Waals surface area contributed by atoms with Gasteiger partial charge < -0.3 is 15.0 Å². The molecular weight excluding hydrogens is 290 g/mol. The smallest absolute Gasteiger partial charge is 0.233 e. The summed E-state index contributed by atoms with van der Waals surface area (Å²) >= 11 is 1.28. The highest BCUT2D eigenvalue weighted by Crippen LogP contribution is 2.13. The fraction of sp³-hybridized carbons (Fsp3) is 0.385. The number of aliphatic hydroxyl groups excluding tert-OH is 1. The quantitative estimate of drug-likeness (QED) is 0.575. The lowest BCUT2D eigenvalue weighted by molar-refractivity contribution is -0.129. The number of rotatable bonds is 7. The molecule has 2 rings (SSSR count). The number of aromatic nitrogens is 4. The second-order valence-corrected chi connectivity index (χ2v) is 5.29. The van der Waals surface area contributed by atoms with Gasteiger partial charge in [0.2, 0.25) is 5.91 Å². The zero-order chi connectivity index (χ0) is 15.1. The summed E-state index contributed by atoms with van der Waals surface area (Å²) in [6.07, 6.45) is 5.00. The number of carbonyl (C=O) groups excluding carboxylic acids is 1. The van der Waals surface area contributed by atoms with Crippen molar-refractivity contribution < 1.29 is 9.90 Å². The van der Waals surface area contributed by atoms with E-state index in [1.807, 2.05) is 6.92 Å². The van der Waals surface area contributed by atoms with Crippen LogP contribution in [0.1, 0.15) is 11.5 Å². The van der Waals surface area contributed by atoms with Crippen LogP contribution in [0.3, 0.4) is 0 Å². The van der Waals surface area contributed by atoms with Crippen molar-refractivity contribution in [1.29, 1.82) is 0 Å². The van der Waals surface area contributed by atoms with Crippen molar-refractivity contribution in [2.75, 3.05) is 18.9 Å². The molecule has 112 valence electrons. The zero-order valence-corrected chi connectivity index (χ0v) is 12.5. The topological polar surface area (TPSA) is 95.0 Å². The van der Waals surface area contributed by atoms with Crippen molar-refractivity contribution in [3.63, 3.8) is 0 Å². The Hall–Kier alpha value is -1.93. The van der Waals surface area contributed by atoms with Crippen molar-refractivity contribution in [2.24, 2.45) is 0 Å². The number of thioether (sulfide) groups is 1. The summed E-state index contributed by atoms with van der Waals surface area (Å²) in [4.78, 5) is 29.1. The molecule has 21 heavy (non-hydrogen) atoms. The molecule has 0 saturated heterocycles. The summed E-state index contributed by atoms with van der Waals surface area (Å²) in [5, 5.41) is 9.65. The molecule has 2 N–H and O–H groups in total. The molecule has 0 aliphatic heterocycles. The van der Waals surface area contributed by atoms with Crippen molar-refractivity contribution in [3.05, 3.63) is 36.2 Å². The van der Waals surface area contributed by atoms with Crippen LogP contribution in [0, 0.1) is 6.92 Å². The van der Waals surface area contributed by atoms with Gasteiger partial charge in [0.1, 0.15) is 5.82 Å². The first kappa shape index (κ1) is 15.5. The van der Waals surface area contributed by atoms with Gasteiger partial charge >= 0.3 is 0 Å². The highest BCUT2D eigenvalue weighted by molar-refractivity contribution is 7.99. The molecule has 0 radical (unpaired) electrons. The number of amides is 1. The van der Waals surface area contributed by atoms with Crippen LogP contribution in [0.2, 0.25) is 0 Å². The number of imidazole rings is 1. The molecule has 0 unspecified atom stereocenters. The number of aryl methyl sites for hydroxylation is 1. The molecule has 8 heteroatoms. The number of aliphatic hydroxyl groups is 1. The molecule has 1 amide bonds. The second-order valence-electron chi connectivity index (χ2n) is 4.34. The first-order valence-electron chi connectivity index (χ1n) is 6.48. The van der Waals surface area contributed by atoms with Crippen LogP contribution < -0.4 is 0 Å². The lowest BCUT2D eigenvalue weighted by atomic mass is 10.4. The van der Waals surface area contributed by atoms with Gasteiger partial charge in [0.15, 0.2) is 5.16 Å². The number of nitrogens with one attached hydrogen (secondary N) is 1. The molecule has 7 nitrogen and oxygen atoms in total. The van der Waals surface area contributed by atoms with Crippen molar-refractivity contribution in [2.45, 2.75) is 18.6 Å². The van der Waals surface area contributed by atoms with Gasteiger partial charge in [-0.25, -0.2) is 15.0 Å². The van der Waals surface area contributed by atoms with E-state index in [-0.39, 0.29) is 24.8 Å². The monoisotopic (exact) mass is 307 g/mol. The Balaban J connectivity index is 1.92. The van der Waals surface area contributed by atoms with Gasteiger partial charge in [0.25, 0.3) is 0 Å². The van der Waals surface area contributed by atoms with Gasteiger partial charge in [-0.15, -0.1) is 0 Å². The zero-order valence-electron chi connectivity index (χ0n) is 11.7. The Morgan fingerprint density at radius 1 is 1.43 bits per heavy atom. The van der Waals surface area contributed by atoms with E-state index in [4.69, 9.17) is 5.11 Å². The minimum absolute atomic E-state index is 0.0853. The highest BCUT2D eigenvalue weighted by Gasteiger charge is 2.15. The van der Waals surface area contributed by atoms with E-state index >= 15 is 0 Å². The third-order valence-electron chi connectivity index (χ3n) is 2.72. The maximum Gasteiger partial charge on any atom is 0.233 e. The van der Waals surface area contributed by atoms with Gasteiger partial charge in [-0.2, -0.15) is 0 Å². The maximum atomic E-state index is 12.2. The van der Waals surface area contributed by atoms with Gasteiger partial charge in [-0.05, 0) is 13.0 Å². The molecule has 2 heterocycles. The molecule has 0 bridgehead atoms. The van der Waals surface area contributed by atoms with Gasteiger partial charge in [-0.1, -0.05) is 11.8 Å². The van der Waals surface area contributed by atoms with Crippen molar-refractivity contribution in [1.82, 2.24) is 24.8 Å².